The molecule has 0 aromatic heterocycles. The molecule has 1 saturated heterocycles. The maximum atomic E-state index is 11.8. The summed E-state index contributed by atoms with van der Waals surface area (Å²) in [5.74, 6) is 1.28. The van der Waals surface area contributed by atoms with E-state index in [1.807, 2.05) is 18.2 Å². The minimum Gasteiger partial charge on any atom is -0.497 e. The van der Waals surface area contributed by atoms with Gasteiger partial charge in [-0.2, -0.15) is 0 Å². The van der Waals surface area contributed by atoms with Crippen molar-refractivity contribution in [3.63, 3.8) is 0 Å². The average Bonchev–Trinajstić information content (AvgIpc) is 2.18. The monoisotopic (exact) mass is 283 g/mol. The number of benzene rings is 1. The van der Waals surface area contributed by atoms with E-state index < -0.39 is 0 Å². The Balaban J connectivity index is 2.09. The van der Waals surface area contributed by atoms with Gasteiger partial charge in [0.25, 0.3) is 0 Å². The van der Waals surface area contributed by atoms with Gasteiger partial charge in [-0.15, -0.1) is 0 Å². The molecule has 1 aliphatic heterocycles. The second kappa shape index (κ2) is 4.97. The number of Topliss-reactive ketones (excluding diaryl/α,β-unsaturated/α-hetero) is 1. The molecule has 1 fully saturated rings. The minimum absolute atomic E-state index is 0.193. The number of nitrogens with one attached hydrogen (secondary N) is 1. The molecular formula is C12H14BrNO2. The first-order valence-corrected chi connectivity index (χ1v) is 6.06. The molecule has 1 aliphatic rings. The van der Waals surface area contributed by atoms with E-state index in [0.717, 1.165) is 28.9 Å². The van der Waals surface area contributed by atoms with Gasteiger partial charge in [-0.05, 0) is 23.8 Å². The van der Waals surface area contributed by atoms with Crippen LogP contribution in [0, 0.1) is 5.92 Å². The SMILES string of the molecule is COc1ccc(Br)c(CC(=O)C2CNC2)c1. The number of hydrogen-bond acceptors (Lipinski definition) is 3. The molecule has 16 heavy (non-hydrogen) atoms. The Morgan fingerprint density at radius 3 is 2.88 bits per heavy atom. The molecule has 1 aromatic carbocycles. The van der Waals surface area contributed by atoms with Crippen LogP contribution in [0.5, 0.6) is 5.75 Å². The number of hydrogen-bond donors (Lipinski definition) is 1. The lowest BCUT2D eigenvalue weighted by Gasteiger charge is -2.25. The standard InChI is InChI=1S/C12H14BrNO2/c1-16-10-2-3-11(13)8(4-10)5-12(15)9-6-14-7-9/h2-4,9,14H,5-7H2,1H3. The highest BCUT2D eigenvalue weighted by Gasteiger charge is 2.25. The summed E-state index contributed by atoms with van der Waals surface area (Å²) in [7, 11) is 1.63. The number of ether oxygens (including phenoxy) is 1. The molecule has 1 aromatic rings. The second-order valence-electron chi connectivity index (χ2n) is 3.96. The van der Waals surface area contributed by atoms with Crippen molar-refractivity contribution in [2.45, 2.75) is 6.42 Å². The summed E-state index contributed by atoms with van der Waals surface area (Å²) < 4.78 is 6.11. The average molecular weight is 284 g/mol. The van der Waals surface area contributed by atoms with Gasteiger partial charge in [-0.25, -0.2) is 0 Å². The minimum atomic E-state index is 0.193. The molecule has 0 aliphatic carbocycles. The summed E-state index contributed by atoms with van der Waals surface area (Å²) >= 11 is 3.45. The summed E-state index contributed by atoms with van der Waals surface area (Å²) in [5, 5.41) is 3.11. The largest absolute Gasteiger partial charge is 0.497 e. The lowest BCUT2D eigenvalue weighted by Crippen LogP contribution is -2.47. The van der Waals surface area contributed by atoms with Crippen LogP contribution in [-0.2, 0) is 11.2 Å². The zero-order valence-corrected chi connectivity index (χ0v) is 10.7. The van der Waals surface area contributed by atoms with Gasteiger partial charge in [0.2, 0.25) is 0 Å². The fourth-order valence-electron chi connectivity index (χ4n) is 1.66. The highest BCUT2D eigenvalue weighted by Crippen LogP contribution is 2.24. The smallest absolute Gasteiger partial charge is 0.142 e. The van der Waals surface area contributed by atoms with E-state index in [4.69, 9.17) is 4.74 Å². The van der Waals surface area contributed by atoms with E-state index >= 15 is 0 Å². The first kappa shape index (κ1) is 11.6. The number of halogens is 1. The Morgan fingerprint density at radius 2 is 2.31 bits per heavy atom. The van der Waals surface area contributed by atoms with Crippen molar-refractivity contribution in [1.82, 2.24) is 5.32 Å². The quantitative estimate of drug-likeness (QED) is 0.916. The van der Waals surface area contributed by atoms with Crippen molar-refractivity contribution in [3.8, 4) is 5.75 Å². The zero-order chi connectivity index (χ0) is 11.5. The van der Waals surface area contributed by atoms with Crippen molar-refractivity contribution >= 4 is 21.7 Å². The third kappa shape index (κ3) is 2.44. The molecule has 0 radical (unpaired) electrons. The molecule has 0 saturated carbocycles. The number of ketones is 1. The second-order valence-corrected chi connectivity index (χ2v) is 4.81. The Kier molecular flexibility index (Phi) is 3.61. The fourth-order valence-corrected chi connectivity index (χ4v) is 2.05. The van der Waals surface area contributed by atoms with Crippen LogP contribution in [0.3, 0.4) is 0 Å². The molecule has 1 heterocycles. The highest BCUT2D eigenvalue weighted by molar-refractivity contribution is 9.10. The third-order valence-electron chi connectivity index (χ3n) is 2.85. The van der Waals surface area contributed by atoms with E-state index in [9.17, 15) is 4.79 Å². The first-order chi connectivity index (χ1) is 7.70. The predicted octanol–water partition coefficient (Wildman–Crippen LogP) is 1.79. The molecule has 0 unspecified atom stereocenters. The summed E-state index contributed by atoms with van der Waals surface area (Å²) in [4.78, 5) is 11.8. The summed E-state index contributed by atoms with van der Waals surface area (Å²) in [6.45, 7) is 1.64. The van der Waals surface area contributed by atoms with Crippen LogP contribution < -0.4 is 10.1 Å². The van der Waals surface area contributed by atoms with Crippen molar-refractivity contribution < 1.29 is 9.53 Å². The molecule has 1 N–H and O–H groups in total. The molecule has 0 bridgehead atoms. The van der Waals surface area contributed by atoms with E-state index in [0.29, 0.717) is 12.2 Å². The number of rotatable bonds is 4. The molecule has 4 heteroatoms. The van der Waals surface area contributed by atoms with Gasteiger partial charge in [-0.3, -0.25) is 4.79 Å². The van der Waals surface area contributed by atoms with Gasteiger partial charge >= 0.3 is 0 Å². The molecule has 0 atom stereocenters. The Labute approximate surface area is 103 Å². The first-order valence-electron chi connectivity index (χ1n) is 5.26. The normalized spacial score (nSPS) is 15.6. The van der Waals surface area contributed by atoms with Gasteiger partial charge in [0.15, 0.2) is 0 Å². The lowest BCUT2D eigenvalue weighted by molar-refractivity contribution is -0.123. The summed E-state index contributed by atoms with van der Waals surface area (Å²) in [6.07, 6.45) is 0.476. The van der Waals surface area contributed by atoms with Crippen LogP contribution in [0.1, 0.15) is 5.56 Å². The maximum absolute atomic E-state index is 11.8. The van der Waals surface area contributed by atoms with Crippen molar-refractivity contribution in [1.29, 1.82) is 0 Å². The van der Waals surface area contributed by atoms with E-state index in [2.05, 4.69) is 21.2 Å². The lowest BCUT2D eigenvalue weighted by atomic mass is 9.93. The van der Waals surface area contributed by atoms with E-state index in [1.54, 1.807) is 7.11 Å². The Morgan fingerprint density at radius 1 is 1.56 bits per heavy atom. The maximum Gasteiger partial charge on any atom is 0.142 e. The van der Waals surface area contributed by atoms with E-state index in [-0.39, 0.29) is 5.92 Å². The van der Waals surface area contributed by atoms with E-state index in [1.165, 1.54) is 0 Å². The third-order valence-corrected chi connectivity index (χ3v) is 3.63. The Hall–Kier alpha value is -0.870. The van der Waals surface area contributed by atoms with Gasteiger partial charge in [0.05, 0.1) is 7.11 Å². The number of methoxy groups -OCH3 is 1. The van der Waals surface area contributed by atoms with Crippen LogP contribution in [0.15, 0.2) is 22.7 Å². The van der Waals surface area contributed by atoms with Crippen molar-refractivity contribution in [2.75, 3.05) is 20.2 Å². The molecule has 0 amide bonds. The van der Waals surface area contributed by atoms with Crippen LogP contribution >= 0.6 is 15.9 Å². The molecule has 86 valence electrons. The molecule has 3 nitrogen and oxygen atoms in total. The van der Waals surface area contributed by atoms with Gasteiger partial charge in [0.1, 0.15) is 11.5 Å². The van der Waals surface area contributed by atoms with Gasteiger partial charge in [0, 0.05) is 29.9 Å². The summed E-state index contributed by atoms with van der Waals surface area (Å²) in [6, 6.07) is 5.71. The number of carbonyl (C=O) groups excluding carboxylic acids is 1. The van der Waals surface area contributed by atoms with Crippen LogP contribution in [-0.4, -0.2) is 26.0 Å². The van der Waals surface area contributed by atoms with Gasteiger partial charge < -0.3 is 10.1 Å². The van der Waals surface area contributed by atoms with Gasteiger partial charge in [-0.1, -0.05) is 15.9 Å². The topological polar surface area (TPSA) is 38.3 Å². The highest BCUT2D eigenvalue weighted by atomic mass is 79.9. The zero-order valence-electron chi connectivity index (χ0n) is 9.13. The molecule has 2 rings (SSSR count). The summed E-state index contributed by atoms with van der Waals surface area (Å²) in [5.41, 5.74) is 0.997. The fraction of sp³-hybridized carbons (Fsp3) is 0.417. The molecule has 0 spiro atoms. The number of carbonyl (C=O) groups is 1. The van der Waals surface area contributed by atoms with Crippen molar-refractivity contribution in [3.05, 3.63) is 28.2 Å². The van der Waals surface area contributed by atoms with Crippen LogP contribution in [0.2, 0.25) is 0 Å². The van der Waals surface area contributed by atoms with Crippen LogP contribution in [0.4, 0.5) is 0 Å². The van der Waals surface area contributed by atoms with Crippen molar-refractivity contribution in [2.24, 2.45) is 5.92 Å². The molecular weight excluding hydrogens is 270 g/mol. The van der Waals surface area contributed by atoms with Crippen LogP contribution in [0.25, 0.3) is 0 Å². The predicted molar refractivity (Wildman–Crippen MR) is 65.8 cm³/mol. The Bertz CT molecular complexity index is 402.